The summed E-state index contributed by atoms with van der Waals surface area (Å²) in [5.41, 5.74) is -0.0333. The molecule has 15 heavy (non-hydrogen) atoms. The van der Waals surface area contributed by atoms with Crippen LogP contribution in [0.1, 0.15) is 27.7 Å². The zero-order valence-corrected chi connectivity index (χ0v) is 9.55. The number of ether oxygens (including phenoxy) is 1. The van der Waals surface area contributed by atoms with Crippen molar-refractivity contribution in [2.45, 2.75) is 27.7 Å². The second-order valence-electron chi connectivity index (χ2n) is 3.82. The molecule has 84 valence electrons. The summed E-state index contributed by atoms with van der Waals surface area (Å²) in [5, 5.41) is 0. The fourth-order valence-electron chi connectivity index (χ4n) is 0.534. The van der Waals surface area contributed by atoms with Crippen LogP contribution in [0.2, 0.25) is 0 Å². The molecule has 0 radical (unpaired) electrons. The highest BCUT2D eigenvalue weighted by molar-refractivity contribution is 5.88. The molecule has 0 rings (SSSR count). The van der Waals surface area contributed by atoms with Gasteiger partial charge in [0.2, 0.25) is 6.11 Å². The van der Waals surface area contributed by atoms with Gasteiger partial charge < -0.3 is 4.74 Å². The Morgan fingerprint density at radius 2 is 1.93 bits per heavy atom. The molecule has 0 spiro atoms. The summed E-state index contributed by atoms with van der Waals surface area (Å²) in [6, 6.07) is 0. The maximum absolute atomic E-state index is 11.3. The summed E-state index contributed by atoms with van der Waals surface area (Å²) in [6.45, 7) is 11.4. The van der Waals surface area contributed by atoms with E-state index in [1.165, 1.54) is 0 Å². The van der Waals surface area contributed by atoms with E-state index in [4.69, 9.17) is 0 Å². The van der Waals surface area contributed by atoms with E-state index < -0.39 is 5.97 Å². The average molecular weight is 212 g/mol. The Hall–Kier alpha value is -1.63. The van der Waals surface area contributed by atoms with Crippen molar-refractivity contribution in [3.8, 4) is 12.2 Å². The fourth-order valence-corrected chi connectivity index (χ4v) is 0.534. The Balaban J connectivity index is 3.97. The minimum absolute atomic E-state index is 0.320. The number of hydrogen-bond donors (Lipinski definition) is 0. The third-order valence-electron chi connectivity index (χ3n) is 1.57. The van der Waals surface area contributed by atoms with E-state index in [0.717, 1.165) is 0 Å². The molecule has 0 aromatic carbocycles. The molecule has 0 aliphatic rings. The van der Waals surface area contributed by atoms with Gasteiger partial charge in [0.1, 0.15) is 0 Å². The van der Waals surface area contributed by atoms with Gasteiger partial charge in [-0.05, 0) is 12.3 Å². The van der Waals surface area contributed by atoms with Crippen LogP contribution in [-0.2, 0) is 19.3 Å². The third kappa shape index (κ3) is 5.63. The molecule has 0 bridgehead atoms. The number of carbonyl (C=O) groups is 1. The van der Waals surface area contributed by atoms with E-state index >= 15 is 0 Å². The number of rotatable bonds is 3. The Morgan fingerprint density at radius 1 is 1.33 bits per heavy atom. The zero-order chi connectivity index (χ0) is 11.9. The van der Waals surface area contributed by atoms with E-state index in [1.807, 2.05) is 20.8 Å². The highest BCUT2D eigenvalue weighted by atomic mass is 17.2. The molecule has 0 heterocycles. The van der Waals surface area contributed by atoms with Crippen LogP contribution in [0.3, 0.4) is 0 Å². The van der Waals surface area contributed by atoms with Crippen molar-refractivity contribution in [2.75, 3.05) is 6.61 Å². The van der Waals surface area contributed by atoms with Crippen molar-refractivity contribution < 1.29 is 19.3 Å². The average Bonchev–Trinajstić information content (AvgIpc) is 2.14. The predicted octanol–water partition coefficient (Wildman–Crippen LogP) is 2.02. The standard InChI is InChI=1S/C11H16O4/c1-6-13-7-8-14-15-10(12)9(2)11(3,4)5/h2,6H2,1,3-5H3. The lowest BCUT2D eigenvalue weighted by Gasteiger charge is -2.18. The Morgan fingerprint density at radius 3 is 2.40 bits per heavy atom. The third-order valence-corrected chi connectivity index (χ3v) is 1.57. The highest BCUT2D eigenvalue weighted by Gasteiger charge is 2.23. The summed E-state index contributed by atoms with van der Waals surface area (Å²) in [6.07, 6.45) is 4.26. The Bertz CT molecular complexity index is 288. The van der Waals surface area contributed by atoms with Crippen LogP contribution in [0.15, 0.2) is 12.2 Å². The molecule has 4 nitrogen and oxygen atoms in total. The van der Waals surface area contributed by atoms with E-state index in [1.54, 1.807) is 6.92 Å². The number of hydrogen-bond acceptors (Lipinski definition) is 4. The quantitative estimate of drug-likeness (QED) is 0.311. The van der Waals surface area contributed by atoms with Crippen LogP contribution in [0.25, 0.3) is 0 Å². The van der Waals surface area contributed by atoms with Crippen LogP contribution >= 0.6 is 0 Å². The van der Waals surface area contributed by atoms with Gasteiger partial charge in [-0.15, -0.1) is 0 Å². The Labute approximate surface area is 90.1 Å². The van der Waals surface area contributed by atoms with Crippen LogP contribution in [0.4, 0.5) is 0 Å². The summed E-state index contributed by atoms with van der Waals surface area (Å²) in [4.78, 5) is 20.0. The highest BCUT2D eigenvalue weighted by Crippen LogP contribution is 2.24. The van der Waals surface area contributed by atoms with Gasteiger partial charge >= 0.3 is 5.97 Å². The van der Waals surface area contributed by atoms with Crippen molar-refractivity contribution >= 4 is 5.97 Å². The molecule has 0 unspecified atom stereocenters. The van der Waals surface area contributed by atoms with Crippen LogP contribution in [0, 0.1) is 17.6 Å². The van der Waals surface area contributed by atoms with E-state index in [9.17, 15) is 4.79 Å². The normalized spacial score (nSPS) is 9.60. The van der Waals surface area contributed by atoms with Crippen LogP contribution in [-0.4, -0.2) is 12.6 Å². The summed E-state index contributed by atoms with van der Waals surface area (Å²) in [5.74, 6) is -0.631. The molecule has 0 saturated heterocycles. The van der Waals surface area contributed by atoms with Crippen molar-refractivity contribution in [3.05, 3.63) is 12.2 Å². The first-order chi connectivity index (χ1) is 6.89. The Kier molecular flexibility index (Phi) is 5.32. The van der Waals surface area contributed by atoms with Crippen molar-refractivity contribution in [3.63, 3.8) is 0 Å². The monoisotopic (exact) mass is 212 g/mol. The molecule has 0 aliphatic heterocycles. The first-order valence-corrected chi connectivity index (χ1v) is 4.58. The zero-order valence-electron chi connectivity index (χ0n) is 9.55. The molecule has 0 saturated carbocycles. The van der Waals surface area contributed by atoms with Crippen LogP contribution in [0.5, 0.6) is 0 Å². The lowest BCUT2D eigenvalue weighted by atomic mass is 9.88. The fraction of sp³-hybridized carbons (Fsp3) is 0.545. The molecule has 0 aromatic heterocycles. The van der Waals surface area contributed by atoms with Gasteiger partial charge in [-0.3, -0.25) is 0 Å². The molecule has 0 atom stereocenters. The first-order valence-electron chi connectivity index (χ1n) is 4.58. The lowest BCUT2D eigenvalue weighted by molar-refractivity contribution is -0.227. The van der Waals surface area contributed by atoms with E-state index in [-0.39, 0.29) is 5.41 Å². The second-order valence-corrected chi connectivity index (χ2v) is 3.82. The van der Waals surface area contributed by atoms with Gasteiger partial charge in [0.05, 0.1) is 6.61 Å². The summed E-state index contributed by atoms with van der Waals surface area (Å²) < 4.78 is 4.64. The van der Waals surface area contributed by atoms with E-state index in [2.05, 4.69) is 33.3 Å². The SMILES string of the molecule is C=C(C(=O)OOC#COCC)C(C)(C)C. The molecule has 0 aliphatic carbocycles. The molecule has 4 heteroatoms. The summed E-state index contributed by atoms with van der Waals surface area (Å²) in [7, 11) is 0. The topological polar surface area (TPSA) is 44.8 Å². The molecule has 0 fully saturated rings. The van der Waals surface area contributed by atoms with Crippen molar-refractivity contribution in [1.29, 1.82) is 0 Å². The smallest absolute Gasteiger partial charge is 0.383 e. The maximum Gasteiger partial charge on any atom is 0.383 e. The van der Waals surface area contributed by atoms with E-state index in [0.29, 0.717) is 12.2 Å². The summed E-state index contributed by atoms with van der Waals surface area (Å²) >= 11 is 0. The van der Waals surface area contributed by atoms with Crippen LogP contribution < -0.4 is 0 Å². The van der Waals surface area contributed by atoms with Gasteiger partial charge in [-0.2, -0.15) is 0 Å². The van der Waals surface area contributed by atoms with Gasteiger partial charge in [-0.1, -0.05) is 27.4 Å². The molecule has 0 amide bonds. The minimum atomic E-state index is -0.631. The maximum atomic E-state index is 11.3. The van der Waals surface area contributed by atoms with Gasteiger partial charge in [0.15, 0.2) is 6.11 Å². The van der Waals surface area contributed by atoms with Gasteiger partial charge in [0.25, 0.3) is 0 Å². The molecular formula is C11H16O4. The first kappa shape index (κ1) is 13.4. The predicted molar refractivity (Wildman–Crippen MR) is 55.2 cm³/mol. The molecule has 0 N–H and O–H groups in total. The minimum Gasteiger partial charge on any atom is -0.444 e. The van der Waals surface area contributed by atoms with Crippen molar-refractivity contribution in [2.24, 2.45) is 5.41 Å². The largest absolute Gasteiger partial charge is 0.444 e. The number of carbonyl (C=O) groups excluding carboxylic acids is 1. The lowest BCUT2D eigenvalue weighted by Crippen LogP contribution is -2.18. The van der Waals surface area contributed by atoms with Gasteiger partial charge in [0, 0.05) is 5.57 Å². The molecule has 0 aromatic rings. The molecular weight excluding hydrogens is 196 g/mol. The van der Waals surface area contributed by atoms with Gasteiger partial charge in [-0.25, -0.2) is 14.6 Å². The second kappa shape index (κ2) is 5.97. The van der Waals surface area contributed by atoms with Crippen molar-refractivity contribution in [1.82, 2.24) is 0 Å².